The predicted octanol–water partition coefficient (Wildman–Crippen LogP) is 4.31. The standard InChI is InChI=1S/C50H58F2N10O11S/c1-3-27-74(68,69)58-38-8-7-36(51)47(45(38)52)61-30-35(32-28-53-31-54-29-32)46-39(61)9-11-41(56-46)59(2)33-13-17-60(18-14-33)43(64)15-19-70-21-23-72-25-26-73-24-22-71-20-16-55-37-6-4-5-34-44(37)50(67)62(49(34)66)40-10-12-42(63)57-48(40)65/h4-9,11,28-31,33,40,55,58H,3,10,12-27H2,1-2H3,(H,57,63,65). The SMILES string of the molecule is CCCS(=O)(=O)Nc1ccc(F)c(-n2cc(-c3cncnc3)c3nc(N(C)C4CCN(C(=O)CCOCCOCCOCCOCCNc5cccc6c5C(=O)N(C5CCC(=O)NC5=O)C6=O)CC4)ccc32)c1F. The van der Waals surface area contributed by atoms with Gasteiger partial charge in [-0.25, -0.2) is 32.2 Å². The van der Waals surface area contributed by atoms with Crippen molar-refractivity contribution in [3.63, 3.8) is 0 Å². The highest BCUT2D eigenvalue weighted by Gasteiger charge is 2.45. The molecule has 0 radical (unpaired) electrons. The van der Waals surface area contributed by atoms with Crippen LogP contribution in [0.15, 0.2) is 67.4 Å². The summed E-state index contributed by atoms with van der Waals surface area (Å²) in [5.74, 6) is -3.87. The second-order valence-corrected chi connectivity index (χ2v) is 19.6. The highest BCUT2D eigenvalue weighted by atomic mass is 32.2. The third-order valence-corrected chi connectivity index (χ3v) is 14.4. The molecule has 0 spiro atoms. The Bertz CT molecular complexity index is 2980. The summed E-state index contributed by atoms with van der Waals surface area (Å²) in [5, 5.41) is 5.32. The number of hydrogen-bond donors (Lipinski definition) is 3. The Balaban J connectivity index is 0.710. The molecule has 0 saturated carbocycles. The quantitative estimate of drug-likeness (QED) is 0.0545. The molecule has 3 aliphatic rings. The number of piperidine rings is 2. The fourth-order valence-electron chi connectivity index (χ4n) is 9.14. The van der Waals surface area contributed by atoms with Crippen LogP contribution in [0.4, 0.5) is 26.0 Å². The minimum absolute atomic E-state index is 0.00994. The average Bonchev–Trinajstić information content (AvgIpc) is 3.89. The third-order valence-electron chi connectivity index (χ3n) is 12.9. The summed E-state index contributed by atoms with van der Waals surface area (Å²) in [6, 6.07) is 9.41. The zero-order valence-electron chi connectivity index (χ0n) is 41.0. The van der Waals surface area contributed by atoms with Crippen LogP contribution in [0, 0.1) is 11.6 Å². The van der Waals surface area contributed by atoms with Gasteiger partial charge in [-0.1, -0.05) is 13.0 Å². The molecule has 394 valence electrons. The first-order valence-corrected chi connectivity index (χ1v) is 26.1. The maximum absolute atomic E-state index is 16.1. The van der Waals surface area contributed by atoms with Crippen LogP contribution in [0.25, 0.3) is 27.8 Å². The molecule has 2 fully saturated rings. The topological polar surface area (TPSA) is 246 Å². The fourth-order valence-corrected chi connectivity index (χ4v) is 10.3. The number of pyridine rings is 1. The van der Waals surface area contributed by atoms with Gasteiger partial charge in [-0.15, -0.1) is 0 Å². The second-order valence-electron chi connectivity index (χ2n) is 17.8. The summed E-state index contributed by atoms with van der Waals surface area (Å²) in [5.41, 5.74) is 1.84. The number of halogens is 2. The van der Waals surface area contributed by atoms with E-state index in [-0.39, 0.29) is 60.4 Å². The summed E-state index contributed by atoms with van der Waals surface area (Å²) in [6.07, 6.45) is 8.06. The van der Waals surface area contributed by atoms with E-state index in [1.54, 1.807) is 43.6 Å². The fraction of sp³-hybridized carbons (Fsp3) is 0.440. The Morgan fingerprint density at radius 1 is 0.838 bits per heavy atom. The number of sulfonamides is 1. The molecular formula is C50H58F2N10O11S. The lowest BCUT2D eigenvalue weighted by atomic mass is 10.0. The number of carbonyl (C=O) groups is 5. The number of hydrogen-bond acceptors (Lipinski definition) is 16. The van der Waals surface area contributed by atoms with E-state index >= 15 is 8.78 Å². The maximum atomic E-state index is 16.1. The van der Waals surface area contributed by atoms with Crippen LogP contribution in [-0.4, -0.2) is 165 Å². The smallest absolute Gasteiger partial charge is 0.264 e. The molecule has 6 heterocycles. The minimum Gasteiger partial charge on any atom is -0.382 e. The molecule has 74 heavy (non-hydrogen) atoms. The van der Waals surface area contributed by atoms with Crippen LogP contribution in [-0.2, 0) is 43.4 Å². The molecule has 2 aromatic carbocycles. The van der Waals surface area contributed by atoms with Crippen LogP contribution in [0.3, 0.4) is 0 Å². The van der Waals surface area contributed by atoms with Crippen molar-refractivity contribution in [3.8, 4) is 16.8 Å². The molecule has 24 heteroatoms. The van der Waals surface area contributed by atoms with Crippen molar-refractivity contribution in [2.45, 2.75) is 57.5 Å². The van der Waals surface area contributed by atoms with E-state index < -0.39 is 57.0 Å². The number of ether oxygens (including phenoxy) is 4. The Hall–Kier alpha value is -6.99. The van der Waals surface area contributed by atoms with E-state index in [0.717, 1.165) is 17.0 Å². The molecule has 5 aromatic rings. The Kier molecular flexibility index (Phi) is 17.5. The lowest BCUT2D eigenvalue weighted by molar-refractivity contribution is -0.136. The van der Waals surface area contributed by atoms with Crippen molar-refractivity contribution in [1.82, 2.24) is 34.6 Å². The first-order valence-electron chi connectivity index (χ1n) is 24.4. The average molecular weight is 1050 g/mol. The van der Waals surface area contributed by atoms with Gasteiger partial charge in [0.15, 0.2) is 5.82 Å². The number of aromatic nitrogens is 4. The molecule has 21 nitrogen and oxygen atoms in total. The number of likely N-dealkylation sites (tertiary alicyclic amines) is 1. The van der Waals surface area contributed by atoms with E-state index in [4.69, 9.17) is 23.9 Å². The molecule has 8 rings (SSSR count). The number of nitrogens with one attached hydrogen (secondary N) is 3. The van der Waals surface area contributed by atoms with Gasteiger partial charge in [0.1, 0.15) is 29.7 Å². The molecule has 5 amide bonds. The number of fused-ring (bicyclic) bond motifs is 2. The predicted molar refractivity (Wildman–Crippen MR) is 267 cm³/mol. The van der Waals surface area contributed by atoms with E-state index in [1.807, 2.05) is 16.8 Å². The normalized spacial score (nSPS) is 16.2. The molecule has 3 N–H and O–H groups in total. The molecule has 0 aliphatic carbocycles. The number of rotatable bonds is 25. The van der Waals surface area contributed by atoms with E-state index in [9.17, 15) is 32.4 Å². The monoisotopic (exact) mass is 1040 g/mol. The number of carbonyl (C=O) groups excluding carboxylic acids is 5. The zero-order chi connectivity index (χ0) is 52.4. The van der Waals surface area contributed by atoms with E-state index in [0.29, 0.717) is 119 Å². The Labute approximate surface area is 425 Å². The van der Waals surface area contributed by atoms with Crippen molar-refractivity contribution in [1.29, 1.82) is 0 Å². The van der Waals surface area contributed by atoms with Crippen LogP contribution >= 0.6 is 0 Å². The van der Waals surface area contributed by atoms with Crippen LogP contribution in [0.5, 0.6) is 0 Å². The Morgan fingerprint density at radius 2 is 1.53 bits per heavy atom. The van der Waals surface area contributed by atoms with Crippen LogP contribution in [0.1, 0.15) is 66.2 Å². The molecule has 3 aliphatic heterocycles. The molecule has 1 atom stereocenters. The summed E-state index contributed by atoms with van der Waals surface area (Å²) in [7, 11) is -1.95. The van der Waals surface area contributed by atoms with Gasteiger partial charge < -0.3 is 38.6 Å². The largest absolute Gasteiger partial charge is 0.382 e. The summed E-state index contributed by atoms with van der Waals surface area (Å²) in [4.78, 5) is 81.4. The molecule has 1 unspecified atom stereocenters. The molecule has 2 saturated heterocycles. The van der Waals surface area contributed by atoms with E-state index in [2.05, 4.69) is 25.3 Å². The number of imide groups is 2. The number of benzene rings is 2. The van der Waals surface area contributed by atoms with Gasteiger partial charge in [-0.2, -0.15) is 0 Å². The highest BCUT2D eigenvalue weighted by Crippen LogP contribution is 2.37. The summed E-state index contributed by atoms with van der Waals surface area (Å²) in [6.45, 7) is 5.62. The molecule has 0 bridgehead atoms. The lowest BCUT2D eigenvalue weighted by Crippen LogP contribution is -2.54. The van der Waals surface area contributed by atoms with E-state index in [1.165, 1.54) is 23.2 Å². The maximum Gasteiger partial charge on any atom is 0.264 e. The van der Waals surface area contributed by atoms with Gasteiger partial charge in [0.25, 0.3) is 11.8 Å². The zero-order valence-corrected chi connectivity index (χ0v) is 41.8. The van der Waals surface area contributed by atoms with Crippen molar-refractivity contribution in [2.75, 3.05) is 100 Å². The molecular weight excluding hydrogens is 987 g/mol. The van der Waals surface area contributed by atoms with Crippen LogP contribution in [0.2, 0.25) is 0 Å². The number of amides is 5. The van der Waals surface area contributed by atoms with Crippen LogP contribution < -0.4 is 20.3 Å². The number of anilines is 3. The second kappa shape index (κ2) is 24.4. The van der Waals surface area contributed by atoms with Gasteiger partial charge in [-0.3, -0.25) is 38.9 Å². The first kappa shape index (κ1) is 53.3. The van der Waals surface area contributed by atoms with Crippen molar-refractivity contribution in [3.05, 3.63) is 90.1 Å². The van der Waals surface area contributed by atoms with Gasteiger partial charge >= 0.3 is 0 Å². The van der Waals surface area contributed by atoms with Gasteiger partial charge in [-0.05, 0) is 62.1 Å². The third kappa shape index (κ3) is 12.3. The first-order chi connectivity index (χ1) is 35.8. The van der Waals surface area contributed by atoms with Gasteiger partial charge in [0.2, 0.25) is 27.7 Å². The minimum atomic E-state index is -3.87. The Morgan fingerprint density at radius 3 is 2.22 bits per heavy atom. The summed E-state index contributed by atoms with van der Waals surface area (Å²) >= 11 is 0. The number of nitrogens with zero attached hydrogens (tertiary/aromatic N) is 7. The highest BCUT2D eigenvalue weighted by molar-refractivity contribution is 7.92. The summed E-state index contributed by atoms with van der Waals surface area (Å²) < 4.78 is 82.6. The van der Waals surface area contributed by atoms with Crippen molar-refractivity contribution >= 4 is 67.8 Å². The molecule has 3 aromatic heterocycles. The van der Waals surface area contributed by atoms with Crippen molar-refractivity contribution < 1.29 is 60.1 Å². The van der Waals surface area contributed by atoms with Gasteiger partial charge in [0, 0.05) is 74.5 Å². The van der Waals surface area contributed by atoms with Gasteiger partial charge in [0.05, 0.1) is 92.9 Å². The van der Waals surface area contributed by atoms with Crippen molar-refractivity contribution in [2.24, 2.45) is 0 Å². The lowest BCUT2D eigenvalue weighted by Gasteiger charge is -2.37.